The number of carbonyl (C=O) groups is 1. The summed E-state index contributed by atoms with van der Waals surface area (Å²) in [4.78, 5) is 29.4. The minimum absolute atomic E-state index is 0.301. The number of benzene rings is 3. The van der Waals surface area contributed by atoms with Crippen LogP contribution in [0.5, 0.6) is 0 Å². The summed E-state index contributed by atoms with van der Waals surface area (Å²) in [6.45, 7) is -0.301. The molecule has 32 heavy (non-hydrogen) atoms. The zero-order chi connectivity index (χ0) is 21.9. The number of hydrogen-bond donors (Lipinski definition) is 0. The molecule has 3 aromatic carbocycles. The lowest BCUT2D eigenvalue weighted by atomic mass is 10.1. The van der Waals surface area contributed by atoms with E-state index in [4.69, 9.17) is 4.74 Å². The van der Waals surface area contributed by atoms with Gasteiger partial charge < -0.3 is 4.74 Å². The highest BCUT2D eigenvalue weighted by molar-refractivity contribution is 8.00. The Morgan fingerprint density at radius 3 is 2.53 bits per heavy atom. The van der Waals surface area contributed by atoms with Gasteiger partial charge in [-0.3, -0.25) is 4.79 Å². The van der Waals surface area contributed by atoms with Gasteiger partial charge in [0, 0.05) is 5.75 Å². The van der Waals surface area contributed by atoms with Crippen molar-refractivity contribution in [1.29, 1.82) is 0 Å². The van der Waals surface area contributed by atoms with Crippen molar-refractivity contribution in [3.05, 3.63) is 94.3 Å². The third-order valence-corrected chi connectivity index (χ3v) is 7.02. The van der Waals surface area contributed by atoms with Crippen molar-refractivity contribution in [2.45, 2.75) is 16.8 Å². The summed E-state index contributed by atoms with van der Waals surface area (Å²) >= 11 is 3.33. The fourth-order valence-electron chi connectivity index (χ4n) is 3.11. The molecule has 0 saturated carbocycles. The lowest BCUT2D eigenvalue weighted by molar-refractivity contribution is 0.0336. The van der Waals surface area contributed by atoms with E-state index in [2.05, 4.69) is 21.4 Å². The van der Waals surface area contributed by atoms with Gasteiger partial charge in [-0.25, -0.2) is 9.78 Å². The largest absolute Gasteiger partial charge is 0.439 e. The minimum atomic E-state index is -0.530. The maximum absolute atomic E-state index is 12.4. The Hall–Kier alpha value is -3.56. The van der Waals surface area contributed by atoms with E-state index in [9.17, 15) is 9.59 Å². The van der Waals surface area contributed by atoms with Crippen LogP contribution in [0.15, 0.2) is 81.9 Å². The Morgan fingerprint density at radius 2 is 1.72 bits per heavy atom. The Labute approximate surface area is 190 Å². The van der Waals surface area contributed by atoms with Gasteiger partial charge in [-0.2, -0.15) is 4.68 Å². The number of hydrogen-bond acceptors (Lipinski definition) is 8. The second kappa shape index (κ2) is 8.89. The standard InChI is InChI=1S/C23H16N4O3S2/c28-21-17-5-1-2-6-18(17)25-26-27(21)14-30-22(29)16-11-9-15(10-12-16)13-31-23-24-19-7-3-4-8-20(19)32-23/h1-12H,13-14H2. The van der Waals surface area contributed by atoms with Crippen molar-refractivity contribution in [3.8, 4) is 0 Å². The van der Waals surface area contributed by atoms with Crippen LogP contribution in [-0.2, 0) is 17.2 Å². The molecule has 0 saturated heterocycles. The van der Waals surface area contributed by atoms with E-state index < -0.39 is 5.97 Å². The average Bonchev–Trinajstić information content (AvgIpc) is 3.26. The normalized spacial score (nSPS) is 11.1. The predicted octanol–water partition coefficient (Wildman–Crippen LogP) is 4.51. The van der Waals surface area contributed by atoms with E-state index >= 15 is 0 Å². The van der Waals surface area contributed by atoms with Gasteiger partial charge in [0.05, 0.1) is 21.2 Å². The molecule has 2 aromatic heterocycles. The molecule has 158 valence electrons. The molecular weight excluding hydrogens is 444 g/mol. The number of ether oxygens (including phenoxy) is 1. The summed E-state index contributed by atoms with van der Waals surface area (Å²) in [7, 11) is 0. The van der Waals surface area contributed by atoms with Crippen LogP contribution in [0.25, 0.3) is 21.1 Å². The maximum Gasteiger partial charge on any atom is 0.339 e. The summed E-state index contributed by atoms with van der Waals surface area (Å²) in [6.07, 6.45) is 0. The van der Waals surface area contributed by atoms with E-state index in [1.807, 2.05) is 30.3 Å². The molecular formula is C23H16N4O3S2. The second-order valence-electron chi connectivity index (χ2n) is 6.91. The molecule has 9 heteroatoms. The monoisotopic (exact) mass is 460 g/mol. The van der Waals surface area contributed by atoms with Crippen molar-refractivity contribution in [3.63, 3.8) is 0 Å². The van der Waals surface area contributed by atoms with Crippen LogP contribution in [0.1, 0.15) is 15.9 Å². The molecule has 0 radical (unpaired) electrons. The number of rotatable bonds is 6. The van der Waals surface area contributed by atoms with Gasteiger partial charge in [-0.05, 0) is 42.0 Å². The van der Waals surface area contributed by atoms with Crippen molar-refractivity contribution >= 4 is 50.2 Å². The van der Waals surface area contributed by atoms with Gasteiger partial charge in [0.15, 0.2) is 11.1 Å². The van der Waals surface area contributed by atoms with Crippen LogP contribution in [-0.4, -0.2) is 25.9 Å². The van der Waals surface area contributed by atoms with Crippen molar-refractivity contribution in [2.75, 3.05) is 0 Å². The molecule has 0 bridgehead atoms. The van der Waals surface area contributed by atoms with E-state index in [0.717, 1.165) is 25.9 Å². The Morgan fingerprint density at radius 1 is 0.969 bits per heavy atom. The van der Waals surface area contributed by atoms with Gasteiger partial charge >= 0.3 is 5.97 Å². The number of fused-ring (bicyclic) bond motifs is 2. The average molecular weight is 461 g/mol. The van der Waals surface area contributed by atoms with Crippen LogP contribution < -0.4 is 5.56 Å². The first-order valence-electron chi connectivity index (χ1n) is 9.74. The first-order valence-corrected chi connectivity index (χ1v) is 11.5. The number of thioether (sulfide) groups is 1. The number of esters is 1. The summed E-state index contributed by atoms with van der Waals surface area (Å²) in [5, 5.41) is 8.23. The molecule has 0 atom stereocenters. The Balaban J connectivity index is 1.20. The molecule has 0 spiro atoms. The van der Waals surface area contributed by atoms with Crippen molar-refractivity contribution in [2.24, 2.45) is 0 Å². The van der Waals surface area contributed by atoms with Crippen molar-refractivity contribution < 1.29 is 9.53 Å². The fourth-order valence-corrected chi connectivity index (χ4v) is 5.13. The molecule has 0 aliphatic carbocycles. The minimum Gasteiger partial charge on any atom is -0.439 e. The highest BCUT2D eigenvalue weighted by atomic mass is 32.2. The van der Waals surface area contributed by atoms with Crippen LogP contribution in [0.3, 0.4) is 0 Å². The van der Waals surface area contributed by atoms with Gasteiger partial charge in [-0.15, -0.1) is 16.4 Å². The molecule has 0 aliphatic rings. The molecule has 7 nitrogen and oxygen atoms in total. The third-order valence-electron chi connectivity index (χ3n) is 4.77. The SMILES string of the molecule is O=C(OCn1nnc2ccccc2c1=O)c1ccc(CSc2nc3ccccc3s2)cc1. The van der Waals surface area contributed by atoms with Crippen LogP contribution in [0.2, 0.25) is 0 Å². The van der Waals surface area contributed by atoms with Gasteiger partial charge in [0.2, 0.25) is 0 Å². The van der Waals surface area contributed by atoms with Crippen molar-refractivity contribution in [1.82, 2.24) is 20.0 Å². The highest BCUT2D eigenvalue weighted by Crippen LogP contribution is 2.31. The second-order valence-corrected chi connectivity index (χ2v) is 9.16. The molecule has 0 aliphatic heterocycles. The Kier molecular flexibility index (Phi) is 5.66. The molecule has 0 fully saturated rings. The van der Waals surface area contributed by atoms with Gasteiger partial charge in [-0.1, -0.05) is 53.4 Å². The topological polar surface area (TPSA) is 87.0 Å². The maximum atomic E-state index is 12.4. The first-order chi connectivity index (χ1) is 15.7. The molecule has 0 amide bonds. The van der Waals surface area contributed by atoms with Crippen LogP contribution >= 0.6 is 23.1 Å². The summed E-state index contributed by atoms with van der Waals surface area (Å²) < 4.78 is 8.47. The molecule has 2 heterocycles. The van der Waals surface area contributed by atoms with E-state index in [-0.39, 0.29) is 12.3 Å². The van der Waals surface area contributed by atoms with Crippen LogP contribution in [0.4, 0.5) is 0 Å². The van der Waals surface area contributed by atoms with Gasteiger partial charge in [0.25, 0.3) is 5.56 Å². The zero-order valence-corrected chi connectivity index (χ0v) is 18.3. The summed E-state index contributed by atoms with van der Waals surface area (Å²) in [6, 6.07) is 22.2. The number of aromatic nitrogens is 4. The van der Waals surface area contributed by atoms with Gasteiger partial charge in [0.1, 0.15) is 5.52 Å². The number of para-hydroxylation sites is 1. The van der Waals surface area contributed by atoms with Crippen LogP contribution in [0, 0.1) is 0 Å². The van der Waals surface area contributed by atoms with E-state index in [1.54, 1.807) is 59.5 Å². The van der Waals surface area contributed by atoms with E-state index in [1.165, 1.54) is 4.70 Å². The summed E-state index contributed by atoms with van der Waals surface area (Å²) in [5.41, 5.74) is 2.63. The highest BCUT2D eigenvalue weighted by Gasteiger charge is 2.11. The quantitative estimate of drug-likeness (QED) is 0.272. The summed E-state index contributed by atoms with van der Waals surface area (Å²) in [5.74, 6) is 0.217. The Bertz CT molecular complexity index is 1450. The molecule has 5 rings (SSSR count). The number of thiazole rings is 1. The number of nitrogens with zero attached hydrogens (tertiary/aromatic N) is 4. The zero-order valence-electron chi connectivity index (χ0n) is 16.7. The smallest absolute Gasteiger partial charge is 0.339 e. The number of carbonyl (C=O) groups excluding carboxylic acids is 1. The van der Waals surface area contributed by atoms with E-state index in [0.29, 0.717) is 16.5 Å². The lowest BCUT2D eigenvalue weighted by Gasteiger charge is -2.07. The third kappa shape index (κ3) is 4.25. The fraction of sp³-hybridized carbons (Fsp3) is 0.0870. The first kappa shape index (κ1) is 20.3. The molecule has 5 aromatic rings. The molecule has 0 N–H and O–H groups in total. The molecule has 0 unspecified atom stereocenters. The predicted molar refractivity (Wildman–Crippen MR) is 125 cm³/mol. The lowest BCUT2D eigenvalue weighted by Crippen LogP contribution is -2.26.